The van der Waals surface area contributed by atoms with Gasteiger partial charge in [-0.15, -0.1) is 0 Å². The van der Waals surface area contributed by atoms with Crippen LogP contribution in [0.25, 0.3) is 0 Å². The summed E-state index contributed by atoms with van der Waals surface area (Å²) in [6.45, 7) is 0.955. The number of methoxy groups -OCH3 is 1. The van der Waals surface area contributed by atoms with Crippen molar-refractivity contribution in [2.75, 3.05) is 13.7 Å². The fraction of sp³-hybridized carbons (Fsp3) is 0.500. The topological polar surface area (TPSA) is 38.3 Å². The molecular weight excluding hydrogens is 214 g/mol. The second-order valence-electron chi connectivity index (χ2n) is 4.99. The van der Waals surface area contributed by atoms with Gasteiger partial charge in [-0.05, 0) is 56.0 Å². The summed E-state index contributed by atoms with van der Waals surface area (Å²) in [6, 6.07) is 5.78. The summed E-state index contributed by atoms with van der Waals surface area (Å²) in [5.74, 6) is 1.11. The summed E-state index contributed by atoms with van der Waals surface area (Å²) in [4.78, 5) is 12.5. The fourth-order valence-corrected chi connectivity index (χ4v) is 3.04. The minimum atomic E-state index is -0.313. The maximum absolute atomic E-state index is 12.5. The highest BCUT2D eigenvalue weighted by Gasteiger charge is 2.45. The third-order valence-corrected chi connectivity index (χ3v) is 3.98. The van der Waals surface area contributed by atoms with Gasteiger partial charge in [0, 0.05) is 5.56 Å². The van der Waals surface area contributed by atoms with E-state index in [9.17, 15) is 4.79 Å². The molecule has 1 aromatic rings. The highest BCUT2D eigenvalue weighted by Crippen LogP contribution is 2.36. The molecule has 1 N–H and O–H groups in total. The van der Waals surface area contributed by atoms with Gasteiger partial charge in [-0.1, -0.05) is 0 Å². The highest BCUT2D eigenvalue weighted by molar-refractivity contribution is 6.07. The summed E-state index contributed by atoms with van der Waals surface area (Å²) in [5, 5.41) is 3.44. The highest BCUT2D eigenvalue weighted by atomic mass is 16.5. The van der Waals surface area contributed by atoms with Crippen molar-refractivity contribution in [1.29, 1.82) is 0 Å². The monoisotopic (exact) mass is 231 g/mol. The number of hydrogen-bond acceptors (Lipinski definition) is 3. The molecule has 3 rings (SSSR count). The maximum atomic E-state index is 12.5. The maximum Gasteiger partial charge on any atom is 0.183 e. The molecule has 17 heavy (non-hydrogen) atoms. The third-order valence-electron chi connectivity index (χ3n) is 3.98. The summed E-state index contributed by atoms with van der Waals surface area (Å²) in [5.41, 5.74) is 1.69. The molecule has 0 aromatic heterocycles. The van der Waals surface area contributed by atoms with Gasteiger partial charge in [-0.3, -0.25) is 4.79 Å². The molecule has 1 saturated heterocycles. The van der Waals surface area contributed by atoms with E-state index in [0.717, 1.165) is 42.7 Å². The smallest absolute Gasteiger partial charge is 0.183 e. The first-order chi connectivity index (χ1) is 8.25. The average molecular weight is 231 g/mol. The van der Waals surface area contributed by atoms with Crippen LogP contribution in [0.1, 0.15) is 35.2 Å². The van der Waals surface area contributed by atoms with Crippen molar-refractivity contribution in [3.05, 3.63) is 29.3 Å². The van der Waals surface area contributed by atoms with Gasteiger partial charge in [0.15, 0.2) is 5.78 Å². The van der Waals surface area contributed by atoms with E-state index in [2.05, 4.69) is 5.32 Å². The molecule has 3 heteroatoms. The van der Waals surface area contributed by atoms with Gasteiger partial charge >= 0.3 is 0 Å². The van der Waals surface area contributed by atoms with E-state index in [1.54, 1.807) is 7.11 Å². The average Bonchev–Trinajstić information content (AvgIpc) is 2.63. The van der Waals surface area contributed by atoms with Gasteiger partial charge in [0.2, 0.25) is 0 Å². The first-order valence-corrected chi connectivity index (χ1v) is 6.22. The van der Waals surface area contributed by atoms with E-state index in [1.165, 1.54) is 6.42 Å². The fourth-order valence-electron chi connectivity index (χ4n) is 3.04. The number of rotatable bonds is 1. The van der Waals surface area contributed by atoms with E-state index in [-0.39, 0.29) is 11.3 Å². The molecule has 90 valence electrons. The Morgan fingerprint density at radius 1 is 1.35 bits per heavy atom. The lowest BCUT2D eigenvalue weighted by Gasteiger charge is -2.32. The standard InChI is InChI=1S/C14H17NO2/c1-17-11-4-5-12-10(8-11)9-14(13(12)16)6-2-3-7-15-14/h4-5,8,15H,2-3,6-7,9H2,1H3. The molecule has 1 spiro atoms. The Bertz CT molecular complexity index is 461. The number of benzene rings is 1. The van der Waals surface area contributed by atoms with Crippen LogP contribution in [0.2, 0.25) is 0 Å². The molecule has 1 aromatic carbocycles. The van der Waals surface area contributed by atoms with E-state index >= 15 is 0 Å². The number of ketones is 1. The number of hydrogen-bond donors (Lipinski definition) is 1. The molecular formula is C14H17NO2. The number of carbonyl (C=O) groups is 1. The van der Waals surface area contributed by atoms with Crippen LogP contribution in [0.4, 0.5) is 0 Å². The normalized spacial score (nSPS) is 27.2. The van der Waals surface area contributed by atoms with Gasteiger partial charge < -0.3 is 10.1 Å². The summed E-state index contributed by atoms with van der Waals surface area (Å²) in [7, 11) is 1.66. The molecule has 1 unspecified atom stereocenters. The lowest BCUT2D eigenvalue weighted by molar-refractivity contribution is 0.0839. The first kappa shape index (κ1) is 10.8. The number of piperidine rings is 1. The molecule has 0 radical (unpaired) electrons. The molecule has 1 aliphatic heterocycles. The molecule has 0 bridgehead atoms. The van der Waals surface area contributed by atoms with Crippen molar-refractivity contribution in [1.82, 2.24) is 5.32 Å². The van der Waals surface area contributed by atoms with Crippen LogP contribution in [-0.4, -0.2) is 25.0 Å². The zero-order valence-electron chi connectivity index (χ0n) is 10.1. The van der Waals surface area contributed by atoms with Crippen LogP contribution >= 0.6 is 0 Å². The Labute approximate surface area is 101 Å². The van der Waals surface area contributed by atoms with Gasteiger partial charge in [-0.25, -0.2) is 0 Å². The largest absolute Gasteiger partial charge is 0.497 e. The molecule has 0 saturated carbocycles. The summed E-state index contributed by atoms with van der Waals surface area (Å²) >= 11 is 0. The molecule has 2 aliphatic rings. The second-order valence-corrected chi connectivity index (χ2v) is 4.99. The number of Topliss-reactive ketones (excluding diaryl/α,β-unsaturated/α-hetero) is 1. The van der Waals surface area contributed by atoms with Crippen molar-refractivity contribution in [3.63, 3.8) is 0 Å². The van der Waals surface area contributed by atoms with E-state index in [1.807, 2.05) is 18.2 Å². The minimum Gasteiger partial charge on any atom is -0.497 e. The number of nitrogens with one attached hydrogen (secondary N) is 1. The van der Waals surface area contributed by atoms with Crippen LogP contribution in [0.5, 0.6) is 5.75 Å². The zero-order chi connectivity index (χ0) is 11.9. The van der Waals surface area contributed by atoms with Crippen LogP contribution in [0.15, 0.2) is 18.2 Å². The Morgan fingerprint density at radius 2 is 2.24 bits per heavy atom. The Kier molecular flexibility index (Phi) is 2.44. The molecule has 1 aliphatic carbocycles. The Balaban J connectivity index is 1.98. The van der Waals surface area contributed by atoms with Crippen molar-refractivity contribution in [2.45, 2.75) is 31.2 Å². The molecule has 3 nitrogen and oxygen atoms in total. The van der Waals surface area contributed by atoms with Crippen LogP contribution in [-0.2, 0) is 6.42 Å². The SMILES string of the molecule is COc1ccc2c(c1)CC1(CCCCN1)C2=O. The second kappa shape index (κ2) is 3.84. The quantitative estimate of drug-likeness (QED) is 0.802. The Morgan fingerprint density at radius 3 is 2.94 bits per heavy atom. The van der Waals surface area contributed by atoms with Crippen LogP contribution < -0.4 is 10.1 Å². The van der Waals surface area contributed by atoms with Crippen molar-refractivity contribution >= 4 is 5.78 Å². The van der Waals surface area contributed by atoms with Gasteiger partial charge in [-0.2, -0.15) is 0 Å². The van der Waals surface area contributed by atoms with Crippen LogP contribution in [0.3, 0.4) is 0 Å². The van der Waals surface area contributed by atoms with E-state index in [4.69, 9.17) is 4.74 Å². The van der Waals surface area contributed by atoms with Gasteiger partial charge in [0.05, 0.1) is 12.6 Å². The number of fused-ring (bicyclic) bond motifs is 1. The molecule has 1 atom stereocenters. The van der Waals surface area contributed by atoms with E-state index in [0.29, 0.717) is 0 Å². The predicted octanol–water partition coefficient (Wildman–Crippen LogP) is 1.95. The lowest BCUT2D eigenvalue weighted by Crippen LogP contribution is -2.53. The summed E-state index contributed by atoms with van der Waals surface area (Å²) < 4.78 is 5.22. The number of carbonyl (C=O) groups excluding carboxylic acids is 1. The summed E-state index contributed by atoms with van der Waals surface area (Å²) in [6.07, 6.45) is 4.10. The molecule has 0 amide bonds. The van der Waals surface area contributed by atoms with Crippen molar-refractivity contribution in [3.8, 4) is 5.75 Å². The van der Waals surface area contributed by atoms with Gasteiger partial charge in [0.25, 0.3) is 0 Å². The lowest BCUT2D eigenvalue weighted by atomic mass is 9.85. The third kappa shape index (κ3) is 1.57. The Hall–Kier alpha value is -1.35. The van der Waals surface area contributed by atoms with Gasteiger partial charge in [0.1, 0.15) is 5.75 Å². The molecule has 1 fully saturated rings. The minimum absolute atomic E-state index is 0.273. The first-order valence-electron chi connectivity index (χ1n) is 6.22. The van der Waals surface area contributed by atoms with Crippen molar-refractivity contribution < 1.29 is 9.53 Å². The van der Waals surface area contributed by atoms with Crippen LogP contribution in [0, 0.1) is 0 Å². The van der Waals surface area contributed by atoms with E-state index < -0.39 is 0 Å². The number of ether oxygens (including phenoxy) is 1. The predicted molar refractivity (Wildman–Crippen MR) is 65.6 cm³/mol. The molecule has 1 heterocycles. The van der Waals surface area contributed by atoms with Crippen molar-refractivity contribution in [2.24, 2.45) is 0 Å². The zero-order valence-corrected chi connectivity index (χ0v) is 10.1.